The number of oxime groups is 2. The van der Waals surface area contributed by atoms with E-state index in [4.69, 9.17) is 15.5 Å². The average Bonchev–Trinajstić information content (AvgIpc) is 2.04. The van der Waals surface area contributed by atoms with Gasteiger partial charge in [0, 0.05) is 0 Å². The predicted octanol–water partition coefficient (Wildman–Crippen LogP) is 0.659. The molecule has 58 valence electrons. The minimum atomic E-state index is -0.234. The molecule has 0 aliphatic heterocycles. The Morgan fingerprint density at radius 3 is 2.36 bits per heavy atom. The molecule has 11 heavy (non-hydrogen) atoms. The second-order valence-corrected chi connectivity index (χ2v) is 1.84. The van der Waals surface area contributed by atoms with Crippen LogP contribution in [0.1, 0.15) is 0 Å². The number of nitrogens with zero attached hydrogens (tertiary/aromatic N) is 2. The van der Waals surface area contributed by atoms with Crippen molar-refractivity contribution in [3.05, 3.63) is 24.0 Å². The second kappa shape index (κ2) is 2.87. The molecule has 0 aromatic heterocycles. The summed E-state index contributed by atoms with van der Waals surface area (Å²) in [4.78, 5) is 0. The first-order valence-corrected chi connectivity index (χ1v) is 2.81. The molecule has 0 aromatic carbocycles. The van der Waals surface area contributed by atoms with E-state index in [1.165, 1.54) is 18.2 Å². The zero-order valence-electron chi connectivity index (χ0n) is 5.47. The molecule has 5 nitrogen and oxygen atoms in total. The number of aliphatic hydroxyl groups is 1. The molecule has 3 N–H and O–H groups in total. The maximum atomic E-state index is 9.00. The van der Waals surface area contributed by atoms with Gasteiger partial charge >= 0.3 is 0 Å². The van der Waals surface area contributed by atoms with Crippen molar-refractivity contribution in [1.29, 1.82) is 0 Å². The second-order valence-electron chi connectivity index (χ2n) is 1.84. The molecule has 0 unspecified atom stereocenters. The fraction of sp³-hybridized carbons (Fsp3) is 0. The van der Waals surface area contributed by atoms with Crippen LogP contribution in [0.25, 0.3) is 0 Å². The molecule has 0 heterocycles. The molecular formula is C6H6N2O3. The van der Waals surface area contributed by atoms with Gasteiger partial charge in [-0.1, -0.05) is 16.4 Å². The van der Waals surface area contributed by atoms with Crippen LogP contribution in [0.15, 0.2) is 34.3 Å². The van der Waals surface area contributed by atoms with Gasteiger partial charge in [-0.2, -0.15) is 0 Å². The van der Waals surface area contributed by atoms with Gasteiger partial charge in [0.15, 0.2) is 5.71 Å². The van der Waals surface area contributed by atoms with Gasteiger partial charge in [0.2, 0.25) is 0 Å². The molecule has 0 spiro atoms. The third-order valence-corrected chi connectivity index (χ3v) is 1.20. The zero-order valence-corrected chi connectivity index (χ0v) is 5.47. The van der Waals surface area contributed by atoms with Crippen LogP contribution in [0.2, 0.25) is 0 Å². The van der Waals surface area contributed by atoms with Crippen molar-refractivity contribution in [2.24, 2.45) is 10.3 Å². The van der Waals surface area contributed by atoms with Crippen LogP contribution in [0.4, 0.5) is 0 Å². The number of hydrogen-bond acceptors (Lipinski definition) is 5. The zero-order chi connectivity index (χ0) is 8.27. The highest BCUT2D eigenvalue weighted by Crippen LogP contribution is 2.04. The van der Waals surface area contributed by atoms with Gasteiger partial charge in [-0.15, -0.1) is 0 Å². The van der Waals surface area contributed by atoms with Crippen LogP contribution in [0.5, 0.6) is 0 Å². The lowest BCUT2D eigenvalue weighted by atomic mass is 10.1. The molecule has 0 fully saturated rings. The van der Waals surface area contributed by atoms with Crippen molar-refractivity contribution in [3.63, 3.8) is 0 Å². The minimum absolute atomic E-state index is 0.0208. The SMILES string of the molecule is O/N=C1\C(O)=CC=C\C1=N/O. The van der Waals surface area contributed by atoms with Gasteiger partial charge in [0.25, 0.3) is 0 Å². The molecule has 0 saturated carbocycles. The fourth-order valence-corrected chi connectivity index (χ4v) is 0.703. The molecule has 0 amide bonds. The Balaban J connectivity index is 3.08. The molecule has 1 aliphatic carbocycles. The first kappa shape index (κ1) is 7.33. The van der Waals surface area contributed by atoms with Crippen molar-refractivity contribution in [2.45, 2.75) is 0 Å². The topological polar surface area (TPSA) is 85.4 Å². The summed E-state index contributed by atoms with van der Waals surface area (Å²) < 4.78 is 0. The summed E-state index contributed by atoms with van der Waals surface area (Å²) in [7, 11) is 0. The van der Waals surface area contributed by atoms with Crippen LogP contribution in [-0.4, -0.2) is 26.9 Å². The normalized spacial score (nSPS) is 24.2. The van der Waals surface area contributed by atoms with Crippen LogP contribution in [-0.2, 0) is 0 Å². The Morgan fingerprint density at radius 2 is 1.91 bits per heavy atom. The fourth-order valence-electron chi connectivity index (χ4n) is 0.703. The Bertz CT molecular complexity index is 276. The van der Waals surface area contributed by atoms with Crippen molar-refractivity contribution in [1.82, 2.24) is 0 Å². The molecule has 0 saturated heterocycles. The lowest BCUT2D eigenvalue weighted by Crippen LogP contribution is -2.17. The van der Waals surface area contributed by atoms with Gasteiger partial charge in [0.05, 0.1) is 0 Å². The minimum Gasteiger partial charge on any atom is -0.505 e. The van der Waals surface area contributed by atoms with Gasteiger partial charge in [-0.25, -0.2) is 0 Å². The van der Waals surface area contributed by atoms with Crippen LogP contribution in [0, 0.1) is 0 Å². The number of aliphatic hydroxyl groups excluding tert-OH is 1. The van der Waals surface area contributed by atoms with Crippen molar-refractivity contribution >= 4 is 11.4 Å². The quantitative estimate of drug-likeness (QED) is 0.272. The van der Waals surface area contributed by atoms with E-state index in [0.717, 1.165) is 0 Å². The molecule has 5 heteroatoms. The highest BCUT2D eigenvalue weighted by molar-refractivity contribution is 6.51. The summed E-state index contributed by atoms with van der Waals surface area (Å²) in [5.74, 6) is -0.234. The number of hydrogen-bond donors (Lipinski definition) is 3. The molecule has 1 aliphatic rings. The number of rotatable bonds is 0. The Labute approximate surface area is 62.3 Å². The monoisotopic (exact) mass is 154 g/mol. The van der Waals surface area contributed by atoms with E-state index in [-0.39, 0.29) is 17.2 Å². The largest absolute Gasteiger partial charge is 0.505 e. The van der Waals surface area contributed by atoms with Crippen LogP contribution < -0.4 is 0 Å². The van der Waals surface area contributed by atoms with Crippen LogP contribution in [0.3, 0.4) is 0 Å². The van der Waals surface area contributed by atoms with Gasteiger partial charge in [-0.3, -0.25) is 0 Å². The highest BCUT2D eigenvalue weighted by Gasteiger charge is 2.14. The van der Waals surface area contributed by atoms with Gasteiger partial charge in [-0.05, 0) is 12.2 Å². The van der Waals surface area contributed by atoms with E-state index < -0.39 is 0 Å². The standard InChI is InChI=1S/C6H6N2O3/c9-5-3-1-2-4(7-10)6(5)8-11/h1-3,9-11H/b7-4+,8-6-. The van der Waals surface area contributed by atoms with E-state index in [1.54, 1.807) is 0 Å². The molecular weight excluding hydrogens is 148 g/mol. The smallest absolute Gasteiger partial charge is 0.173 e. The highest BCUT2D eigenvalue weighted by atomic mass is 16.4. The van der Waals surface area contributed by atoms with E-state index in [0.29, 0.717) is 0 Å². The summed E-state index contributed by atoms with van der Waals surface area (Å²) in [5.41, 5.74) is -0.123. The van der Waals surface area contributed by atoms with E-state index in [2.05, 4.69) is 10.3 Å². The molecule has 0 bridgehead atoms. The average molecular weight is 154 g/mol. The lowest BCUT2D eigenvalue weighted by molar-refractivity contribution is 0.311. The van der Waals surface area contributed by atoms with E-state index in [9.17, 15) is 0 Å². The number of allylic oxidation sites excluding steroid dienone is 4. The summed E-state index contributed by atoms with van der Waals surface area (Å²) in [5, 5.41) is 31.2. The summed E-state index contributed by atoms with van der Waals surface area (Å²) in [6.07, 6.45) is 4.19. The maximum Gasteiger partial charge on any atom is 0.173 e. The Morgan fingerprint density at radius 1 is 1.18 bits per heavy atom. The summed E-state index contributed by atoms with van der Waals surface area (Å²) in [6, 6.07) is 0. The molecule has 0 atom stereocenters. The molecule has 1 rings (SSSR count). The van der Waals surface area contributed by atoms with Crippen LogP contribution >= 0.6 is 0 Å². The van der Waals surface area contributed by atoms with Gasteiger partial charge in [0.1, 0.15) is 11.5 Å². The maximum absolute atomic E-state index is 9.00. The van der Waals surface area contributed by atoms with E-state index >= 15 is 0 Å². The first-order chi connectivity index (χ1) is 5.29. The summed E-state index contributed by atoms with van der Waals surface area (Å²) in [6.45, 7) is 0. The van der Waals surface area contributed by atoms with Gasteiger partial charge < -0.3 is 15.5 Å². The van der Waals surface area contributed by atoms with Crippen molar-refractivity contribution < 1.29 is 15.5 Å². The first-order valence-electron chi connectivity index (χ1n) is 2.81. The third-order valence-electron chi connectivity index (χ3n) is 1.20. The molecule has 0 aromatic rings. The molecule has 0 radical (unpaired) electrons. The Kier molecular flexibility index (Phi) is 1.91. The summed E-state index contributed by atoms with van der Waals surface area (Å²) >= 11 is 0. The Hall–Kier alpha value is -1.78. The van der Waals surface area contributed by atoms with Crippen molar-refractivity contribution in [3.8, 4) is 0 Å². The lowest BCUT2D eigenvalue weighted by Gasteiger charge is -2.03. The predicted molar refractivity (Wildman–Crippen MR) is 38.3 cm³/mol. The van der Waals surface area contributed by atoms with Crippen molar-refractivity contribution in [2.75, 3.05) is 0 Å². The third kappa shape index (κ3) is 1.21. The van der Waals surface area contributed by atoms with E-state index in [1.807, 2.05) is 0 Å².